The van der Waals surface area contributed by atoms with Crippen LogP contribution in [-0.4, -0.2) is 33.8 Å². The minimum atomic E-state index is -0.529. The summed E-state index contributed by atoms with van der Waals surface area (Å²) in [5, 5.41) is 10.5. The van der Waals surface area contributed by atoms with E-state index in [1.807, 2.05) is 23.1 Å². The highest BCUT2D eigenvalue weighted by molar-refractivity contribution is 5.84. The fraction of sp³-hybridized carbons (Fsp3) is 0.632. The summed E-state index contributed by atoms with van der Waals surface area (Å²) in [5.41, 5.74) is 0.612. The minimum absolute atomic E-state index is 0.0418. The normalized spacial score (nSPS) is 46.4. The Morgan fingerprint density at radius 1 is 1.30 bits per heavy atom. The zero-order valence-corrected chi connectivity index (χ0v) is 13.6. The first kappa shape index (κ1) is 14.0. The first-order chi connectivity index (χ1) is 11.1. The maximum Gasteiger partial charge on any atom is 0.229 e. The monoisotopic (exact) mass is 313 g/mol. The molecule has 4 heteroatoms. The number of hydrogen-bond donors (Lipinski definition) is 1. The van der Waals surface area contributed by atoms with E-state index in [2.05, 4.69) is 26.0 Å². The molecule has 1 aromatic rings. The number of rotatable bonds is 3. The van der Waals surface area contributed by atoms with Gasteiger partial charge in [-0.05, 0) is 23.8 Å². The highest BCUT2D eigenvalue weighted by atomic mass is 16.6. The van der Waals surface area contributed by atoms with Crippen LogP contribution in [0.3, 0.4) is 0 Å². The molecule has 4 aliphatic rings. The predicted octanol–water partition coefficient (Wildman–Crippen LogP) is 2.02. The minimum Gasteiger partial charge on any atom is -0.390 e. The molecule has 0 spiro atoms. The van der Waals surface area contributed by atoms with Crippen LogP contribution in [0, 0.1) is 29.6 Å². The van der Waals surface area contributed by atoms with Crippen molar-refractivity contribution in [1.82, 2.24) is 4.90 Å². The molecule has 23 heavy (non-hydrogen) atoms. The van der Waals surface area contributed by atoms with Crippen molar-refractivity contribution in [2.45, 2.75) is 44.7 Å². The Balaban J connectivity index is 1.59. The van der Waals surface area contributed by atoms with E-state index in [1.165, 1.54) is 0 Å². The topological polar surface area (TPSA) is 49.8 Å². The lowest BCUT2D eigenvalue weighted by molar-refractivity contribution is -0.195. The van der Waals surface area contributed by atoms with Crippen LogP contribution in [-0.2, 0) is 16.1 Å². The number of fused-ring (bicyclic) bond motifs is 2. The van der Waals surface area contributed by atoms with Gasteiger partial charge < -0.3 is 14.7 Å². The lowest BCUT2D eigenvalue weighted by Gasteiger charge is -2.42. The van der Waals surface area contributed by atoms with Crippen LogP contribution in [0.2, 0.25) is 0 Å². The molecule has 1 amide bonds. The van der Waals surface area contributed by atoms with Crippen LogP contribution >= 0.6 is 0 Å². The van der Waals surface area contributed by atoms with Crippen LogP contribution in [0.4, 0.5) is 0 Å². The van der Waals surface area contributed by atoms with E-state index in [0.29, 0.717) is 12.5 Å². The third-order valence-electron chi connectivity index (χ3n) is 6.84. The molecule has 0 unspecified atom stereocenters. The summed E-state index contributed by atoms with van der Waals surface area (Å²) in [6.07, 6.45) is 0.431. The number of amides is 1. The largest absolute Gasteiger partial charge is 0.390 e. The molecule has 0 radical (unpaired) electrons. The molecule has 4 nitrogen and oxygen atoms in total. The summed E-state index contributed by atoms with van der Waals surface area (Å²) < 4.78 is 6.50. The van der Waals surface area contributed by atoms with Crippen LogP contribution in [0.1, 0.15) is 25.8 Å². The Bertz CT molecular complexity index is 660. The highest BCUT2D eigenvalue weighted by Crippen LogP contribution is 2.69. The highest BCUT2D eigenvalue weighted by Gasteiger charge is 2.78. The van der Waals surface area contributed by atoms with E-state index in [1.54, 1.807) is 0 Å². The van der Waals surface area contributed by atoms with Crippen molar-refractivity contribution in [3.05, 3.63) is 35.9 Å². The first-order valence-corrected chi connectivity index (χ1v) is 8.77. The molecule has 1 aromatic carbocycles. The zero-order valence-electron chi connectivity index (χ0n) is 13.6. The summed E-state index contributed by atoms with van der Waals surface area (Å²) in [6.45, 7) is 4.91. The molecule has 2 saturated heterocycles. The number of likely N-dealkylation sites (tertiary alicyclic amines) is 1. The fourth-order valence-corrected chi connectivity index (χ4v) is 6.08. The third kappa shape index (κ3) is 1.47. The van der Waals surface area contributed by atoms with Crippen molar-refractivity contribution in [2.24, 2.45) is 29.6 Å². The molecule has 122 valence electrons. The smallest absolute Gasteiger partial charge is 0.229 e. The van der Waals surface area contributed by atoms with Gasteiger partial charge in [0.25, 0.3) is 0 Å². The standard InChI is InChI=1S/C19H23NO3/c1-10(2)19-15-13-8-12(16(21)17(13)23-19)14(15)18(22)20(19)9-11-6-4-3-5-7-11/h3-7,10,12-17,21H,8-9H2,1-2H3/t12-,13-,14-,15-,16+,17-,19-/m0/s1. The van der Waals surface area contributed by atoms with E-state index in [9.17, 15) is 9.90 Å². The number of carbonyl (C=O) groups is 1. The average molecular weight is 313 g/mol. The van der Waals surface area contributed by atoms with Gasteiger partial charge in [-0.1, -0.05) is 44.2 Å². The van der Waals surface area contributed by atoms with Gasteiger partial charge in [-0.2, -0.15) is 0 Å². The SMILES string of the molecule is CC(C)[C@]12O[C@@H]3[C@H](O)[C@H]4C[C@H]3[C@H]1[C@H]4C(=O)N2Cc1ccccc1. The van der Waals surface area contributed by atoms with Gasteiger partial charge in [0.1, 0.15) is 5.72 Å². The average Bonchev–Trinajstić information content (AvgIpc) is 3.20. The molecule has 1 N–H and O–H groups in total. The second-order valence-corrected chi connectivity index (χ2v) is 8.00. The molecule has 2 aliphatic heterocycles. The van der Waals surface area contributed by atoms with Gasteiger partial charge in [-0.25, -0.2) is 0 Å². The van der Waals surface area contributed by atoms with Crippen molar-refractivity contribution in [2.75, 3.05) is 0 Å². The molecule has 2 saturated carbocycles. The van der Waals surface area contributed by atoms with Gasteiger partial charge in [-0.3, -0.25) is 4.79 Å². The Kier molecular flexibility index (Phi) is 2.66. The van der Waals surface area contributed by atoms with Crippen molar-refractivity contribution < 1.29 is 14.6 Å². The molecule has 2 bridgehead atoms. The molecule has 2 heterocycles. The van der Waals surface area contributed by atoms with Gasteiger partial charge in [-0.15, -0.1) is 0 Å². The Labute approximate surface area is 136 Å². The van der Waals surface area contributed by atoms with Gasteiger partial charge in [0.05, 0.1) is 18.1 Å². The Morgan fingerprint density at radius 2 is 2.04 bits per heavy atom. The molecular weight excluding hydrogens is 290 g/mol. The number of ether oxygens (including phenoxy) is 1. The second-order valence-electron chi connectivity index (χ2n) is 8.00. The quantitative estimate of drug-likeness (QED) is 0.929. The number of aliphatic hydroxyl groups excluding tert-OH is 1. The van der Waals surface area contributed by atoms with E-state index < -0.39 is 11.8 Å². The Morgan fingerprint density at radius 3 is 2.74 bits per heavy atom. The van der Waals surface area contributed by atoms with Gasteiger partial charge in [0.2, 0.25) is 5.91 Å². The van der Waals surface area contributed by atoms with Gasteiger partial charge in [0, 0.05) is 18.4 Å². The fourth-order valence-electron chi connectivity index (χ4n) is 6.08. The molecule has 7 atom stereocenters. The first-order valence-electron chi connectivity index (χ1n) is 8.77. The molecule has 5 rings (SSSR count). The van der Waals surface area contributed by atoms with Crippen LogP contribution in [0.5, 0.6) is 0 Å². The van der Waals surface area contributed by atoms with Gasteiger partial charge >= 0.3 is 0 Å². The maximum absolute atomic E-state index is 13.2. The van der Waals surface area contributed by atoms with E-state index in [0.717, 1.165) is 12.0 Å². The number of nitrogens with zero attached hydrogens (tertiary/aromatic N) is 1. The summed E-state index contributed by atoms with van der Waals surface area (Å²) >= 11 is 0. The second kappa shape index (κ2) is 4.37. The lowest BCUT2D eigenvalue weighted by atomic mass is 9.74. The van der Waals surface area contributed by atoms with Crippen molar-refractivity contribution >= 4 is 5.91 Å². The summed E-state index contributed by atoms with van der Waals surface area (Å²) in [6, 6.07) is 10.2. The number of aliphatic hydroxyl groups is 1. The summed E-state index contributed by atoms with van der Waals surface area (Å²) in [4.78, 5) is 15.2. The van der Waals surface area contributed by atoms with E-state index in [4.69, 9.17) is 4.74 Å². The molecule has 4 fully saturated rings. The molecule has 2 aliphatic carbocycles. The lowest BCUT2D eigenvalue weighted by Crippen LogP contribution is -2.53. The van der Waals surface area contributed by atoms with Crippen molar-refractivity contribution in [1.29, 1.82) is 0 Å². The maximum atomic E-state index is 13.2. The van der Waals surface area contributed by atoms with Crippen molar-refractivity contribution in [3.63, 3.8) is 0 Å². The summed E-state index contributed by atoms with van der Waals surface area (Å²) in [5.74, 6) is 1.09. The number of carbonyl (C=O) groups excluding carboxylic acids is 1. The summed E-state index contributed by atoms with van der Waals surface area (Å²) in [7, 11) is 0. The molecule has 0 aromatic heterocycles. The van der Waals surface area contributed by atoms with Crippen LogP contribution in [0.25, 0.3) is 0 Å². The van der Waals surface area contributed by atoms with Crippen LogP contribution in [0.15, 0.2) is 30.3 Å². The molecular formula is C19H23NO3. The van der Waals surface area contributed by atoms with E-state index in [-0.39, 0.29) is 35.7 Å². The van der Waals surface area contributed by atoms with Crippen molar-refractivity contribution in [3.8, 4) is 0 Å². The predicted molar refractivity (Wildman–Crippen MR) is 84.0 cm³/mol. The Hall–Kier alpha value is -1.39. The number of hydrogen-bond acceptors (Lipinski definition) is 3. The van der Waals surface area contributed by atoms with Crippen LogP contribution < -0.4 is 0 Å². The van der Waals surface area contributed by atoms with E-state index >= 15 is 0 Å². The zero-order chi connectivity index (χ0) is 15.9. The third-order valence-corrected chi connectivity index (χ3v) is 6.84. The number of benzene rings is 1. The van der Waals surface area contributed by atoms with Gasteiger partial charge in [0.15, 0.2) is 0 Å².